The van der Waals surface area contributed by atoms with E-state index >= 15 is 0 Å². The quantitative estimate of drug-likeness (QED) is 0.809. The minimum absolute atomic E-state index is 0.380. The van der Waals surface area contributed by atoms with E-state index in [0.717, 1.165) is 26.0 Å². The molecular formula is C12H19N3O. The highest BCUT2D eigenvalue weighted by Crippen LogP contribution is 2.27. The summed E-state index contributed by atoms with van der Waals surface area (Å²) in [5.41, 5.74) is 2.66. The van der Waals surface area contributed by atoms with Crippen LogP contribution in [0.1, 0.15) is 24.6 Å². The van der Waals surface area contributed by atoms with E-state index in [2.05, 4.69) is 22.0 Å². The first kappa shape index (κ1) is 10.3. The van der Waals surface area contributed by atoms with Gasteiger partial charge in [0.25, 0.3) is 0 Å². The Labute approximate surface area is 96.0 Å². The van der Waals surface area contributed by atoms with Crippen LogP contribution in [0.2, 0.25) is 0 Å². The molecule has 0 radical (unpaired) electrons. The first-order valence-corrected chi connectivity index (χ1v) is 6.25. The SMILES string of the molecule is CCCN1CCO[C@@H]2Cc3cn[nH]c3C[C@H]21. The van der Waals surface area contributed by atoms with Crippen molar-refractivity contribution in [1.82, 2.24) is 15.1 Å². The number of aromatic amines is 1. The second-order valence-electron chi connectivity index (χ2n) is 4.79. The fourth-order valence-corrected chi connectivity index (χ4v) is 2.97. The second-order valence-corrected chi connectivity index (χ2v) is 4.79. The van der Waals surface area contributed by atoms with Crippen LogP contribution in [0.15, 0.2) is 6.20 Å². The molecule has 16 heavy (non-hydrogen) atoms. The van der Waals surface area contributed by atoms with Crippen molar-refractivity contribution in [2.24, 2.45) is 0 Å². The lowest BCUT2D eigenvalue weighted by Gasteiger charge is -2.43. The molecule has 1 aromatic heterocycles. The summed E-state index contributed by atoms with van der Waals surface area (Å²) in [5, 5.41) is 7.25. The van der Waals surface area contributed by atoms with Crippen LogP contribution in [0.5, 0.6) is 0 Å². The Balaban J connectivity index is 1.81. The Morgan fingerprint density at radius 1 is 1.56 bits per heavy atom. The van der Waals surface area contributed by atoms with E-state index in [1.54, 1.807) is 0 Å². The largest absolute Gasteiger partial charge is 0.375 e. The molecule has 4 heteroatoms. The van der Waals surface area contributed by atoms with Gasteiger partial charge >= 0.3 is 0 Å². The molecule has 1 saturated heterocycles. The first-order chi connectivity index (χ1) is 7.88. The summed E-state index contributed by atoms with van der Waals surface area (Å²) < 4.78 is 5.90. The van der Waals surface area contributed by atoms with Crippen molar-refractivity contribution >= 4 is 0 Å². The van der Waals surface area contributed by atoms with Crippen LogP contribution in [0.4, 0.5) is 0 Å². The van der Waals surface area contributed by atoms with Crippen molar-refractivity contribution in [2.75, 3.05) is 19.7 Å². The molecule has 2 atom stereocenters. The fraction of sp³-hybridized carbons (Fsp3) is 0.750. The minimum Gasteiger partial charge on any atom is -0.375 e. The number of hydrogen-bond donors (Lipinski definition) is 1. The molecule has 1 aliphatic carbocycles. The van der Waals surface area contributed by atoms with Crippen molar-refractivity contribution in [3.05, 3.63) is 17.5 Å². The van der Waals surface area contributed by atoms with Gasteiger partial charge in [-0.15, -0.1) is 0 Å². The van der Waals surface area contributed by atoms with Crippen LogP contribution < -0.4 is 0 Å². The van der Waals surface area contributed by atoms with Crippen LogP contribution in [0.25, 0.3) is 0 Å². The number of morpholine rings is 1. The molecule has 0 aromatic carbocycles. The van der Waals surface area contributed by atoms with E-state index in [4.69, 9.17) is 4.74 Å². The van der Waals surface area contributed by atoms with E-state index in [9.17, 15) is 0 Å². The highest BCUT2D eigenvalue weighted by Gasteiger charge is 2.36. The molecule has 4 nitrogen and oxygen atoms in total. The predicted molar refractivity (Wildman–Crippen MR) is 61.4 cm³/mol. The number of ether oxygens (including phenoxy) is 1. The number of hydrogen-bond acceptors (Lipinski definition) is 3. The standard InChI is InChI=1S/C12H19N3O/c1-2-3-15-4-5-16-12-6-9-8-13-14-10(9)7-11(12)15/h8,11-12H,2-7H2,1H3,(H,13,14)/t11-,12-/m1/s1. The van der Waals surface area contributed by atoms with Crippen LogP contribution in [0.3, 0.4) is 0 Å². The number of H-pyrrole nitrogens is 1. The Bertz CT molecular complexity index is 361. The molecule has 3 rings (SSSR count). The van der Waals surface area contributed by atoms with Gasteiger partial charge in [-0.2, -0.15) is 5.10 Å². The van der Waals surface area contributed by atoms with E-state index < -0.39 is 0 Å². The zero-order valence-electron chi connectivity index (χ0n) is 9.78. The Morgan fingerprint density at radius 2 is 2.50 bits per heavy atom. The summed E-state index contributed by atoms with van der Waals surface area (Å²) in [6, 6.07) is 0.557. The molecular weight excluding hydrogens is 202 g/mol. The van der Waals surface area contributed by atoms with Crippen LogP contribution in [-0.2, 0) is 17.6 Å². The smallest absolute Gasteiger partial charge is 0.0776 e. The molecule has 2 aliphatic rings. The minimum atomic E-state index is 0.380. The molecule has 88 valence electrons. The Morgan fingerprint density at radius 3 is 3.38 bits per heavy atom. The normalized spacial score (nSPS) is 29.8. The monoisotopic (exact) mass is 221 g/mol. The summed E-state index contributed by atoms with van der Waals surface area (Å²) in [7, 11) is 0. The van der Waals surface area contributed by atoms with E-state index in [1.807, 2.05) is 6.20 Å². The highest BCUT2D eigenvalue weighted by molar-refractivity contribution is 5.23. The summed E-state index contributed by atoms with van der Waals surface area (Å²) in [6.45, 7) is 5.40. The van der Waals surface area contributed by atoms with Gasteiger partial charge in [-0.1, -0.05) is 6.92 Å². The van der Waals surface area contributed by atoms with Gasteiger partial charge in [0.15, 0.2) is 0 Å². The lowest BCUT2D eigenvalue weighted by atomic mass is 9.89. The van der Waals surface area contributed by atoms with Crippen molar-refractivity contribution in [3.8, 4) is 0 Å². The maximum Gasteiger partial charge on any atom is 0.0776 e. The van der Waals surface area contributed by atoms with E-state index in [1.165, 1.54) is 24.2 Å². The summed E-state index contributed by atoms with van der Waals surface area (Å²) >= 11 is 0. The van der Waals surface area contributed by atoms with E-state index in [0.29, 0.717) is 12.1 Å². The number of nitrogens with one attached hydrogen (secondary N) is 1. The molecule has 1 aromatic rings. The zero-order valence-corrected chi connectivity index (χ0v) is 9.78. The van der Waals surface area contributed by atoms with E-state index in [-0.39, 0.29) is 0 Å². The molecule has 1 aliphatic heterocycles. The molecule has 1 N–H and O–H groups in total. The molecule has 0 amide bonds. The summed E-state index contributed by atoms with van der Waals surface area (Å²) in [6.07, 6.45) is 5.65. The van der Waals surface area contributed by atoms with Gasteiger partial charge in [0, 0.05) is 31.1 Å². The van der Waals surface area contributed by atoms with Gasteiger partial charge in [-0.3, -0.25) is 10.00 Å². The number of rotatable bonds is 2. The van der Waals surface area contributed by atoms with Crippen LogP contribution in [-0.4, -0.2) is 46.9 Å². The number of fused-ring (bicyclic) bond motifs is 2. The molecule has 0 unspecified atom stereocenters. The molecule has 0 saturated carbocycles. The average molecular weight is 221 g/mol. The topological polar surface area (TPSA) is 41.1 Å². The predicted octanol–water partition coefficient (Wildman–Crippen LogP) is 0.988. The molecule has 0 bridgehead atoms. The zero-order chi connectivity index (χ0) is 11.0. The summed E-state index contributed by atoms with van der Waals surface area (Å²) in [4.78, 5) is 2.58. The van der Waals surface area contributed by atoms with Crippen LogP contribution in [0, 0.1) is 0 Å². The third-order valence-electron chi connectivity index (χ3n) is 3.76. The molecule has 2 heterocycles. The van der Waals surface area contributed by atoms with Gasteiger partial charge in [0.1, 0.15) is 0 Å². The van der Waals surface area contributed by atoms with Crippen molar-refractivity contribution in [2.45, 2.75) is 38.3 Å². The first-order valence-electron chi connectivity index (χ1n) is 6.25. The average Bonchev–Trinajstić information content (AvgIpc) is 2.74. The van der Waals surface area contributed by atoms with Crippen LogP contribution >= 0.6 is 0 Å². The summed E-state index contributed by atoms with van der Waals surface area (Å²) in [5.74, 6) is 0. The van der Waals surface area contributed by atoms with Crippen molar-refractivity contribution in [1.29, 1.82) is 0 Å². The highest BCUT2D eigenvalue weighted by atomic mass is 16.5. The third-order valence-corrected chi connectivity index (χ3v) is 3.76. The van der Waals surface area contributed by atoms with Gasteiger partial charge in [0.2, 0.25) is 0 Å². The van der Waals surface area contributed by atoms with Gasteiger partial charge < -0.3 is 4.74 Å². The van der Waals surface area contributed by atoms with Crippen molar-refractivity contribution < 1.29 is 4.74 Å². The second kappa shape index (κ2) is 4.18. The lowest BCUT2D eigenvalue weighted by Crippen LogP contribution is -2.54. The molecule has 0 spiro atoms. The maximum absolute atomic E-state index is 5.90. The number of aromatic nitrogens is 2. The molecule has 1 fully saturated rings. The fourth-order valence-electron chi connectivity index (χ4n) is 2.97. The Hall–Kier alpha value is -0.870. The third kappa shape index (κ3) is 1.66. The van der Waals surface area contributed by atoms with Gasteiger partial charge in [-0.25, -0.2) is 0 Å². The number of nitrogens with zero attached hydrogens (tertiary/aromatic N) is 2. The maximum atomic E-state index is 5.90. The van der Waals surface area contributed by atoms with Gasteiger partial charge in [-0.05, 0) is 18.5 Å². The van der Waals surface area contributed by atoms with Crippen molar-refractivity contribution in [3.63, 3.8) is 0 Å². The lowest BCUT2D eigenvalue weighted by molar-refractivity contribution is -0.0741. The Kier molecular flexibility index (Phi) is 2.69. The van der Waals surface area contributed by atoms with Gasteiger partial charge in [0.05, 0.1) is 18.9 Å².